The molecule has 0 aromatic heterocycles. The Bertz CT molecular complexity index is 818. The third-order valence-corrected chi connectivity index (χ3v) is 11.2. The van der Waals surface area contributed by atoms with Crippen LogP contribution in [0.2, 0.25) is 0 Å². The summed E-state index contributed by atoms with van der Waals surface area (Å²) in [6.07, 6.45) is 11.3. The van der Waals surface area contributed by atoms with Crippen molar-refractivity contribution in [2.75, 3.05) is 87.1 Å². The third kappa shape index (κ3) is 25.5. The van der Waals surface area contributed by atoms with Gasteiger partial charge < -0.3 is 19.3 Å². The Morgan fingerprint density at radius 2 is 0.909 bits per heavy atom. The van der Waals surface area contributed by atoms with Crippen LogP contribution in [0, 0.1) is 0 Å². The van der Waals surface area contributed by atoms with E-state index in [9.17, 15) is 0 Å². The molecule has 0 radical (unpaired) electrons. The highest BCUT2D eigenvalue weighted by Gasteiger charge is 2.09. The van der Waals surface area contributed by atoms with E-state index < -0.39 is 0 Å². The third-order valence-electron chi connectivity index (χ3n) is 5.71. The predicted octanol–water partition coefficient (Wildman–Crippen LogP) is 9.10. The van der Waals surface area contributed by atoms with E-state index >= 15 is 0 Å². The molecule has 0 fully saturated rings. The standard InChI is InChI=1S/C34H54N2O2S6/c1-8-16-35(17-9-2)33(39)43-28-30(5)14-12-20-37-22-24-41-26-32(7)27-42-25-23-38-21-13-15-31(6)29-44-34(40)36(18-10-3)19-11-4/h8-11H,1-7,12-29H2. The lowest BCUT2D eigenvalue weighted by Crippen LogP contribution is -2.27. The topological polar surface area (TPSA) is 24.9 Å². The van der Waals surface area contributed by atoms with Gasteiger partial charge in [0.05, 0.1) is 13.2 Å². The van der Waals surface area contributed by atoms with Crippen molar-refractivity contribution < 1.29 is 9.47 Å². The maximum atomic E-state index is 5.81. The molecule has 0 aliphatic rings. The molecule has 0 amide bonds. The molecule has 0 aromatic carbocycles. The summed E-state index contributed by atoms with van der Waals surface area (Å²) in [6, 6.07) is 0. The molecule has 4 nitrogen and oxygen atoms in total. The fraction of sp³-hybridized carbons (Fsp3) is 0.529. The first-order chi connectivity index (χ1) is 21.3. The van der Waals surface area contributed by atoms with Gasteiger partial charge >= 0.3 is 0 Å². The summed E-state index contributed by atoms with van der Waals surface area (Å²) in [5, 5.41) is 0. The molecular weight excluding hydrogens is 661 g/mol. The average Bonchev–Trinajstić information content (AvgIpc) is 3.00. The summed E-state index contributed by atoms with van der Waals surface area (Å²) in [4.78, 5) is 4.17. The molecule has 0 rings (SSSR count). The van der Waals surface area contributed by atoms with Crippen molar-refractivity contribution in [1.29, 1.82) is 0 Å². The average molecular weight is 715 g/mol. The van der Waals surface area contributed by atoms with Crippen molar-refractivity contribution >= 4 is 80.1 Å². The maximum absolute atomic E-state index is 5.81. The lowest BCUT2D eigenvalue weighted by atomic mass is 10.2. The van der Waals surface area contributed by atoms with Gasteiger partial charge in [0, 0.05) is 73.9 Å². The molecule has 0 heterocycles. The zero-order valence-corrected chi connectivity index (χ0v) is 31.5. The molecule has 0 atom stereocenters. The van der Waals surface area contributed by atoms with Crippen LogP contribution in [0.3, 0.4) is 0 Å². The van der Waals surface area contributed by atoms with E-state index in [-0.39, 0.29) is 0 Å². The Hall–Kier alpha value is -0.720. The van der Waals surface area contributed by atoms with E-state index in [0.29, 0.717) is 0 Å². The minimum atomic E-state index is 0.736. The molecule has 0 spiro atoms. The molecule has 44 heavy (non-hydrogen) atoms. The SMILES string of the molecule is C=CCN(CC=C)C(=S)SCC(=C)CCCOCCSCC(=C)CSCCOCCCC(=C)CSC(=S)N(CC=C)CC=C. The fourth-order valence-electron chi connectivity index (χ4n) is 3.49. The van der Waals surface area contributed by atoms with Crippen LogP contribution in [0.1, 0.15) is 25.7 Å². The second kappa shape index (κ2) is 30.9. The van der Waals surface area contributed by atoms with Gasteiger partial charge in [-0.1, -0.05) is 109 Å². The number of hydrogen-bond acceptors (Lipinski definition) is 8. The monoisotopic (exact) mass is 714 g/mol. The molecule has 248 valence electrons. The highest BCUT2D eigenvalue weighted by molar-refractivity contribution is 8.23. The summed E-state index contributed by atoms with van der Waals surface area (Å²) in [5.41, 5.74) is 3.65. The summed E-state index contributed by atoms with van der Waals surface area (Å²) in [7, 11) is 0. The quantitative estimate of drug-likeness (QED) is 0.0407. The van der Waals surface area contributed by atoms with Crippen LogP contribution in [0.25, 0.3) is 0 Å². The number of ether oxygens (including phenoxy) is 2. The van der Waals surface area contributed by atoms with E-state index in [1.165, 1.54) is 16.7 Å². The number of thioether (sulfide) groups is 4. The van der Waals surface area contributed by atoms with Crippen LogP contribution < -0.4 is 0 Å². The van der Waals surface area contributed by atoms with Crippen LogP contribution in [0.5, 0.6) is 0 Å². The van der Waals surface area contributed by atoms with Crippen LogP contribution >= 0.6 is 71.5 Å². The van der Waals surface area contributed by atoms with Gasteiger partial charge in [-0.25, -0.2) is 0 Å². The molecule has 10 heteroatoms. The largest absolute Gasteiger partial charge is 0.381 e. The first-order valence-electron chi connectivity index (χ1n) is 14.9. The predicted molar refractivity (Wildman–Crippen MR) is 216 cm³/mol. The lowest BCUT2D eigenvalue weighted by molar-refractivity contribution is 0.147. The van der Waals surface area contributed by atoms with Crippen LogP contribution in [-0.2, 0) is 9.47 Å². The van der Waals surface area contributed by atoms with Crippen molar-refractivity contribution in [3.05, 3.63) is 87.1 Å². The Kier molecular flexibility index (Phi) is 30.4. The number of nitrogens with zero attached hydrogens (tertiary/aromatic N) is 2. The minimum absolute atomic E-state index is 0.736. The molecule has 0 aliphatic carbocycles. The van der Waals surface area contributed by atoms with E-state index in [0.717, 1.165) is 121 Å². The van der Waals surface area contributed by atoms with Crippen molar-refractivity contribution in [3.8, 4) is 0 Å². The molecule has 0 bridgehead atoms. The van der Waals surface area contributed by atoms with Gasteiger partial charge in [-0.05, 0) is 25.7 Å². The molecule has 0 unspecified atom stereocenters. The van der Waals surface area contributed by atoms with Gasteiger partial charge in [0.15, 0.2) is 0 Å². The number of rotatable bonds is 30. The first-order valence-corrected chi connectivity index (χ1v) is 20.0. The summed E-state index contributed by atoms with van der Waals surface area (Å²) in [5.74, 6) is 5.59. The Morgan fingerprint density at radius 3 is 1.25 bits per heavy atom. The normalized spacial score (nSPS) is 10.5. The molecule has 0 saturated heterocycles. The summed E-state index contributed by atoms with van der Waals surface area (Å²) < 4.78 is 13.3. The number of thiocarbonyl (C=S) groups is 2. The van der Waals surface area contributed by atoms with Crippen LogP contribution in [0.4, 0.5) is 0 Å². The molecule has 0 saturated carbocycles. The highest BCUT2D eigenvalue weighted by atomic mass is 32.2. The maximum Gasteiger partial charge on any atom is 0.137 e. The van der Waals surface area contributed by atoms with Gasteiger partial charge in [-0.2, -0.15) is 23.5 Å². The molecular formula is C34H54N2O2S6. The first kappa shape index (κ1) is 43.3. The van der Waals surface area contributed by atoms with Crippen molar-refractivity contribution in [2.45, 2.75) is 25.7 Å². The summed E-state index contributed by atoms with van der Waals surface area (Å²) >= 11 is 18.1. The van der Waals surface area contributed by atoms with Gasteiger partial charge in [-0.3, -0.25) is 0 Å². The summed E-state index contributed by atoms with van der Waals surface area (Å²) in [6.45, 7) is 33.8. The van der Waals surface area contributed by atoms with Crippen LogP contribution in [0.15, 0.2) is 87.1 Å². The smallest absolute Gasteiger partial charge is 0.137 e. The molecule has 0 aliphatic heterocycles. The van der Waals surface area contributed by atoms with Crippen LogP contribution in [-0.4, -0.2) is 106 Å². The van der Waals surface area contributed by atoms with E-state index in [1.54, 1.807) is 23.5 Å². The van der Waals surface area contributed by atoms with E-state index in [1.807, 2.05) is 47.8 Å². The molecule has 0 aromatic rings. The van der Waals surface area contributed by atoms with Crippen molar-refractivity contribution in [2.24, 2.45) is 0 Å². The number of hydrogen-bond donors (Lipinski definition) is 0. The highest BCUT2D eigenvalue weighted by Crippen LogP contribution is 2.18. The van der Waals surface area contributed by atoms with Gasteiger partial charge in [-0.15, -0.1) is 26.3 Å². The van der Waals surface area contributed by atoms with Gasteiger partial charge in [0.25, 0.3) is 0 Å². The second-order valence-electron chi connectivity index (χ2n) is 9.86. The van der Waals surface area contributed by atoms with Gasteiger partial charge in [0.2, 0.25) is 0 Å². The minimum Gasteiger partial charge on any atom is -0.381 e. The fourth-order valence-corrected chi connectivity index (χ4v) is 7.42. The zero-order valence-electron chi connectivity index (χ0n) is 26.6. The molecule has 0 N–H and O–H groups in total. The van der Waals surface area contributed by atoms with Crippen molar-refractivity contribution in [1.82, 2.24) is 9.80 Å². The van der Waals surface area contributed by atoms with Crippen molar-refractivity contribution in [3.63, 3.8) is 0 Å². The Morgan fingerprint density at radius 1 is 0.545 bits per heavy atom. The second-order valence-corrected chi connectivity index (χ2v) is 15.3. The van der Waals surface area contributed by atoms with Gasteiger partial charge in [0.1, 0.15) is 8.64 Å². The van der Waals surface area contributed by atoms with E-state index in [2.05, 4.69) is 55.9 Å². The lowest BCUT2D eigenvalue weighted by Gasteiger charge is -2.21. The Labute approximate surface area is 297 Å². The van der Waals surface area contributed by atoms with E-state index in [4.69, 9.17) is 33.9 Å². The Balaban J connectivity index is 3.63. The zero-order chi connectivity index (χ0) is 32.8.